The van der Waals surface area contributed by atoms with E-state index in [4.69, 9.17) is 16.3 Å². The summed E-state index contributed by atoms with van der Waals surface area (Å²) in [6, 6.07) is 4.15. The van der Waals surface area contributed by atoms with Crippen LogP contribution in [0.5, 0.6) is 0 Å². The SMILES string of the molecule is CN(C)CCC1CN(C(=O)c2ccc(Cl)c(F)c2)CCO1. The van der Waals surface area contributed by atoms with Crippen molar-refractivity contribution in [1.82, 2.24) is 9.80 Å². The molecule has 2 rings (SSSR count). The normalized spacial score (nSPS) is 19.1. The van der Waals surface area contributed by atoms with Gasteiger partial charge in [-0.05, 0) is 38.7 Å². The number of amides is 1. The first kappa shape index (κ1) is 16.2. The van der Waals surface area contributed by atoms with E-state index in [1.54, 1.807) is 11.0 Å². The molecule has 1 amide bonds. The van der Waals surface area contributed by atoms with Crippen LogP contribution in [0, 0.1) is 5.82 Å². The van der Waals surface area contributed by atoms with Crippen molar-refractivity contribution in [2.75, 3.05) is 40.3 Å². The molecule has 0 radical (unpaired) electrons. The van der Waals surface area contributed by atoms with Gasteiger partial charge in [0.2, 0.25) is 0 Å². The van der Waals surface area contributed by atoms with Gasteiger partial charge in [-0.3, -0.25) is 4.79 Å². The van der Waals surface area contributed by atoms with Gasteiger partial charge in [-0.1, -0.05) is 11.6 Å². The summed E-state index contributed by atoms with van der Waals surface area (Å²) in [6.45, 7) is 2.49. The quantitative estimate of drug-likeness (QED) is 0.855. The van der Waals surface area contributed by atoms with Crippen molar-refractivity contribution in [3.63, 3.8) is 0 Å². The van der Waals surface area contributed by atoms with Crippen LogP contribution in [0.2, 0.25) is 5.02 Å². The molecule has 6 heteroatoms. The van der Waals surface area contributed by atoms with Crippen molar-refractivity contribution in [2.24, 2.45) is 0 Å². The minimum Gasteiger partial charge on any atom is -0.374 e. The van der Waals surface area contributed by atoms with Gasteiger partial charge in [0.05, 0.1) is 17.7 Å². The van der Waals surface area contributed by atoms with Crippen molar-refractivity contribution < 1.29 is 13.9 Å². The van der Waals surface area contributed by atoms with Crippen LogP contribution in [0.15, 0.2) is 18.2 Å². The van der Waals surface area contributed by atoms with Gasteiger partial charge < -0.3 is 14.5 Å². The summed E-state index contributed by atoms with van der Waals surface area (Å²) in [5, 5.41) is 0.0254. The van der Waals surface area contributed by atoms with Crippen molar-refractivity contribution in [2.45, 2.75) is 12.5 Å². The lowest BCUT2D eigenvalue weighted by Crippen LogP contribution is -2.46. The van der Waals surface area contributed by atoms with E-state index in [-0.39, 0.29) is 17.0 Å². The molecule has 0 aromatic heterocycles. The predicted octanol–water partition coefficient (Wildman–Crippen LogP) is 2.27. The van der Waals surface area contributed by atoms with E-state index in [2.05, 4.69) is 4.90 Å². The van der Waals surface area contributed by atoms with E-state index < -0.39 is 5.82 Å². The Balaban J connectivity index is 1.99. The summed E-state index contributed by atoms with van der Waals surface area (Å²) >= 11 is 5.64. The average molecular weight is 315 g/mol. The molecular formula is C15H20ClFN2O2. The van der Waals surface area contributed by atoms with Crippen LogP contribution in [0.25, 0.3) is 0 Å². The van der Waals surface area contributed by atoms with Gasteiger partial charge >= 0.3 is 0 Å². The minimum absolute atomic E-state index is 0.0254. The Labute approximate surface area is 129 Å². The summed E-state index contributed by atoms with van der Waals surface area (Å²) in [4.78, 5) is 16.2. The highest BCUT2D eigenvalue weighted by Crippen LogP contribution is 2.18. The van der Waals surface area contributed by atoms with Crippen LogP contribution in [-0.2, 0) is 4.74 Å². The topological polar surface area (TPSA) is 32.8 Å². The molecule has 1 unspecified atom stereocenters. The average Bonchev–Trinajstić information content (AvgIpc) is 2.47. The van der Waals surface area contributed by atoms with E-state index >= 15 is 0 Å². The van der Waals surface area contributed by atoms with E-state index in [0.29, 0.717) is 25.3 Å². The zero-order valence-electron chi connectivity index (χ0n) is 12.3. The molecule has 1 saturated heterocycles. The summed E-state index contributed by atoms with van der Waals surface area (Å²) in [5.41, 5.74) is 0.324. The molecule has 0 N–H and O–H groups in total. The van der Waals surface area contributed by atoms with Crippen LogP contribution in [0.3, 0.4) is 0 Å². The van der Waals surface area contributed by atoms with Crippen molar-refractivity contribution in [3.8, 4) is 0 Å². The molecule has 4 nitrogen and oxygen atoms in total. The number of halogens is 2. The Morgan fingerprint density at radius 3 is 2.95 bits per heavy atom. The third-order valence-electron chi connectivity index (χ3n) is 3.49. The third-order valence-corrected chi connectivity index (χ3v) is 3.80. The monoisotopic (exact) mass is 314 g/mol. The smallest absolute Gasteiger partial charge is 0.254 e. The Hall–Kier alpha value is -1.17. The number of carbonyl (C=O) groups is 1. The summed E-state index contributed by atoms with van der Waals surface area (Å²) in [7, 11) is 4.00. The van der Waals surface area contributed by atoms with E-state index in [0.717, 1.165) is 13.0 Å². The molecule has 116 valence electrons. The number of carbonyl (C=O) groups excluding carboxylic acids is 1. The minimum atomic E-state index is -0.570. The number of rotatable bonds is 4. The number of morpholine rings is 1. The predicted molar refractivity (Wildman–Crippen MR) is 80.2 cm³/mol. The maximum absolute atomic E-state index is 13.5. The number of nitrogens with zero attached hydrogens (tertiary/aromatic N) is 2. The first-order chi connectivity index (χ1) is 9.97. The van der Waals surface area contributed by atoms with Crippen LogP contribution in [0.1, 0.15) is 16.8 Å². The third kappa shape index (κ3) is 4.40. The molecule has 0 bridgehead atoms. The first-order valence-electron chi connectivity index (χ1n) is 6.98. The van der Waals surface area contributed by atoms with Gasteiger partial charge in [0, 0.05) is 25.2 Å². The number of hydrogen-bond acceptors (Lipinski definition) is 3. The van der Waals surface area contributed by atoms with Gasteiger partial charge in [-0.15, -0.1) is 0 Å². The molecule has 1 atom stereocenters. The fourth-order valence-electron chi connectivity index (χ4n) is 2.29. The fourth-order valence-corrected chi connectivity index (χ4v) is 2.41. The molecule has 1 aromatic rings. The first-order valence-corrected chi connectivity index (χ1v) is 7.36. The fraction of sp³-hybridized carbons (Fsp3) is 0.533. The van der Waals surface area contributed by atoms with E-state index in [9.17, 15) is 9.18 Å². The lowest BCUT2D eigenvalue weighted by Gasteiger charge is -2.33. The zero-order chi connectivity index (χ0) is 15.4. The second kappa shape index (κ2) is 7.20. The standard InChI is InChI=1S/C15H20ClFN2O2/c1-18(2)6-5-12-10-19(7-8-21-12)15(20)11-3-4-13(16)14(17)9-11/h3-4,9,12H,5-8,10H2,1-2H3. The number of benzene rings is 1. The molecule has 1 aliphatic heterocycles. The lowest BCUT2D eigenvalue weighted by atomic mass is 10.1. The maximum atomic E-state index is 13.5. The van der Waals surface area contributed by atoms with Gasteiger partial charge in [-0.2, -0.15) is 0 Å². The number of hydrogen-bond donors (Lipinski definition) is 0. The maximum Gasteiger partial charge on any atom is 0.254 e. The van der Waals surface area contributed by atoms with Gasteiger partial charge in [0.1, 0.15) is 5.82 Å². The van der Waals surface area contributed by atoms with Gasteiger partial charge in [-0.25, -0.2) is 4.39 Å². The van der Waals surface area contributed by atoms with Crippen molar-refractivity contribution in [3.05, 3.63) is 34.6 Å². The Bertz CT molecular complexity index is 510. The van der Waals surface area contributed by atoms with Crippen LogP contribution < -0.4 is 0 Å². The second-order valence-electron chi connectivity index (χ2n) is 5.46. The molecule has 0 aliphatic carbocycles. The van der Waals surface area contributed by atoms with Crippen LogP contribution in [-0.4, -0.2) is 62.1 Å². The Kier molecular flexibility index (Phi) is 5.56. The molecule has 1 aromatic carbocycles. The molecule has 1 heterocycles. The largest absolute Gasteiger partial charge is 0.374 e. The summed E-state index contributed by atoms with van der Waals surface area (Å²) in [5.74, 6) is -0.747. The molecule has 21 heavy (non-hydrogen) atoms. The highest BCUT2D eigenvalue weighted by atomic mass is 35.5. The van der Waals surface area contributed by atoms with E-state index in [1.165, 1.54) is 12.1 Å². The number of ether oxygens (including phenoxy) is 1. The summed E-state index contributed by atoms with van der Waals surface area (Å²) in [6.07, 6.45) is 0.897. The molecule has 1 aliphatic rings. The second-order valence-corrected chi connectivity index (χ2v) is 5.87. The van der Waals surface area contributed by atoms with Crippen LogP contribution >= 0.6 is 11.6 Å². The molecular weight excluding hydrogens is 295 g/mol. The van der Waals surface area contributed by atoms with Gasteiger partial charge in [0.15, 0.2) is 0 Å². The highest BCUT2D eigenvalue weighted by Gasteiger charge is 2.25. The van der Waals surface area contributed by atoms with Crippen molar-refractivity contribution >= 4 is 17.5 Å². The van der Waals surface area contributed by atoms with Crippen LogP contribution in [0.4, 0.5) is 4.39 Å². The zero-order valence-corrected chi connectivity index (χ0v) is 13.1. The molecule has 1 fully saturated rings. The van der Waals surface area contributed by atoms with Crippen molar-refractivity contribution in [1.29, 1.82) is 0 Å². The van der Waals surface area contributed by atoms with Gasteiger partial charge in [0.25, 0.3) is 5.91 Å². The van der Waals surface area contributed by atoms with E-state index in [1.807, 2.05) is 14.1 Å². The Morgan fingerprint density at radius 1 is 1.52 bits per heavy atom. The lowest BCUT2D eigenvalue weighted by molar-refractivity contribution is -0.0269. The Morgan fingerprint density at radius 2 is 2.29 bits per heavy atom. The molecule has 0 saturated carbocycles. The molecule has 0 spiro atoms. The summed E-state index contributed by atoms with van der Waals surface area (Å²) < 4.78 is 19.1. The highest BCUT2D eigenvalue weighted by molar-refractivity contribution is 6.30.